The van der Waals surface area contributed by atoms with Gasteiger partial charge in [0.1, 0.15) is 0 Å². The maximum absolute atomic E-state index is 12.8. The number of methoxy groups -OCH3 is 2. The van der Waals surface area contributed by atoms with Gasteiger partial charge in [-0.05, 0) is 42.8 Å². The van der Waals surface area contributed by atoms with Gasteiger partial charge in [-0.3, -0.25) is 14.9 Å². The van der Waals surface area contributed by atoms with Gasteiger partial charge in [0.05, 0.1) is 36.1 Å². The number of hydrogen-bond acceptors (Lipinski definition) is 6. The topological polar surface area (TPSA) is 94.3 Å². The van der Waals surface area contributed by atoms with Crippen LogP contribution in [0.4, 0.5) is 11.4 Å². The Morgan fingerprint density at radius 1 is 1.07 bits per heavy atom. The molecule has 1 aliphatic heterocycles. The summed E-state index contributed by atoms with van der Waals surface area (Å²) in [7, 11) is 3.09. The number of rotatable bonds is 5. The zero-order chi connectivity index (χ0) is 19.6. The number of benzene rings is 2. The minimum Gasteiger partial charge on any atom is -0.493 e. The summed E-state index contributed by atoms with van der Waals surface area (Å²) in [5.74, 6) is 0.838. The second-order valence-corrected chi connectivity index (χ2v) is 5.75. The molecular formula is C19H17N3O5. The van der Waals surface area contributed by atoms with Crippen molar-refractivity contribution in [3.8, 4) is 11.5 Å². The molecule has 1 aliphatic rings. The van der Waals surface area contributed by atoms with Gasteiger partial charge in [0.2, 0.25) is 0 Å². The Balaban J connectivity index is 1.91. The average Bonchev–Trinajstić information content (AvgIpc) is 2.96. The van der Waals surface area contributed by atoms with Gasteiger partial charge < -0.3 is 9.47 Å². The molecule has 0 aliphatic carbocycles. The Hall–Kier alpha value is -3.68. The summed E-state index contributed by atoms with van der Waals surface area (Å²) >= 11 is 0. The van der Waals surface area contributed by atoms with Crippen molar-refractivity contribution in [1.29, 1.82) is 0 Å². The molecule has 0 unspecified atom stereocenters. The highest BCUT2D eigenvalue weighted by atomic mass is 16.6. The van der Waals surface area contributed by atoms with Crippen LogP contribution in [0.2, 0.25) is 0 Å². The highest BCUT2D eigenvalue weighted by molar-refractivity contribution is 6.32. The van der Waals surface area contributed by atoms with Crippen LogP contribution in [0.25, 0.3) is 6.08 Å². The molecule has 0 radical (unpaired) electrons. The lowest BCUT2D eigenvalue weighted by molar-refractivity contribution is -0.384. The summed E-state index contributed by atoms with van der Waals surface area (Å²) in [5, 5.41) is 16.3. The van der Waals surface area contributed by atoms with Gasteiger partial charge in [0.15, 0.2) is 11.5 Å². The van der Waals surface area contributed by atoms with E-state index in [0.29, 0.717) is 28.5 Å². The van der Waals surface area contributed by atoms with Gasteiger partial charge in [0.25, 0.3) is 11.6 Å². The number of carbonyl (C=O) groups excluding carboxylic acids is 1. The van der Waals surface area contributed by atoms with Crippen LogP contribution in [0.15, 0.2) is 53.1 Å². The lowest BCUT2D eigenvalue weighted by atomic mass is 10.1. The van der Waals surface area contributed by atoms with Crippen molar-refractivity contribution < 1.29 is 19.2 Å². The van der Waals surface area contributed by atoms with E-state index in [9.17, 15) is 14.9 Å². The minimum atomic E-state index is -0.494. The van der Waals surface area contributed by atoms with Crippen LogP contribution in [0, 0.1) is 10.1 Å². The molecule has 27 heavy (non-hydrogen) atoms. The standard InChI is InChI=1S/C19H17N3O5/c1-12-16(10-13-4-9-17(26-2)18(11-13)27-3)19(23)21(20-12)14-5-7-15(8-6-14)22(24)25/h4-11H,1-3H3. The molecule has 0 spiro atoms. The van der Waals surface area contributed by atoms with Crippen molar-refractivity contribution in [2.45, 2.75) is 6.92 Å². The molecule has 2 aromatic carbocycles. The Kier molecular flexibility index (Phi) is 4.89. The van der Waals surface area contributed by atoms with Crippen LogP contribution in [0.5, 0.6) is 11.5 Å². The lowest BCUT2D eigenvalue weighted by Crippen LogP contribution is -2.21. The fraction of sp³-hybridized carbons (Fsp3) is 0.158. The Bertz CT molecular complexity index is 964. The molecular weight excluding hydrogens is 350 g/mol. The monoisotopic (exact) mass is 367 g/mol. The van der Waals surface area contributed by atoms with Crippen LogP contribution in [0.1, 0.15) is 12.5 Å². The van der Waals surface area contributed by atoms with E-state index in [4.69, 9.17) is 9.47 Å². The molecule has 0 N–H and O–H groups in total. The zero-order valence-electron chi connectivity index (χ0n) is 15.0. The van der Waals surface area contributed by atoms with Crippen LogP contribution in [-0.2, 0) is 4.79 Å². The van der Waals surface area contributed by atoms with E-state index < -0.39 is 4.92 Å². The fourth-order valence-corrected chi connectivity index (χ4v) is 2.68. The summed E-state index contributed by atoms with van der Waals surface area (Å²) < 4.78 is 10.5. The molecule has 0 saturated heterocycles. The summed E-state index contributed by atoms with van der Waals surface area (Å²) in [5.41, 5.74) is 2.15. The smallest absolute Gasteiger partial charge is 0.280 e. The fourth-order valence-electron chi connectivity index (χ4n) is 2.68. The van der Waals surface area contributed by atoms with E-state index in [1.54, 1.807) is 39.4 Å². The first-order valence-electron chi connectivity index (χ1n) is 8.03. The van der Waals surface area contributed by atoms with Gasteiger partial charge in [0, 0.05) is 12.1 Å². The summed E-state index contributed by atoms with van der Waals surface area (Å²) in [6.07, 6.45) is 1.72. The Labute approximate surface area is 155 Å². The van der Waals surface area contributed by atoms with E-state index in [2.05, 4.69) is 5.10 Å². The molecule has 0 atom stereocenters. The van der Waals surface area contributed by atoms with E-state index >= 15 is 0 Å². The van der Waals surface area contributed by atoms with Crippen molar-refractivity contribution in [2.75, 3.05) is 19.2 Å². The number of non-ortho nitro benzene ring substituents is 1. The quantitative estimate of drug-likeness (QED) is 0.458. The number of ether oxygens (including phenoxy) is 2. The second-order valence-electron chi connectivity index (χ2n) is 5.75. The maximum atomic E-state index is 12.8. The van der Waals surface area contributed by atoms with Crippen molar-refractivity contribution in [3.05, 3.63) is 63.7 Å². The number of carbonyl (C=O) groups is 1. The van der Waals surface area contributed by atoms with E-state index in [-0.39, 0.29) is 11.6 Å². The van der Waals surface area contributed by atoms with E-state index in [0.717, 1.165) is 5.56 Å². The molecule has 1 amide bonds. The van der Waals surface area contributed by atoms with Gasteiger partial charge in [-0.25, -0.2) is 0 Å². The first-order valence-corrected chi connectivity index (χ1v) is 8.03. The number of nitrogens with zero attached hydrogens (tertiary/aromatic N) is 3. The van der Waals surface area contributed by atoms with Gasteiger partial charge >= 0.3 is 0 Å². The van der Waals surface area contributed by atoms with Crippen molar-refractivity contribution in [2.24, 2.45) is 5.10 Å². The number of hydrogen-bond donors (Lipinski definition) is 0. The maximum Gasteiger partial charge on any atom is 0.280 e. The van der Waals surface area contributed by atoms with Crippen molar-refractivity contribution >= 4 is 29.1 Å². The average molecular weight is 367 g/mol. The number of nitro groups is 1. The molecule has 0 saturated carbocycles. The number of hydrazone groups is 1. The molecule has 0 aromatic heterocycles. The van der Waals surface area contributed by atoms with Crippen LogP contribution >= 0.6 is 0 Å². The molecule has 2 aromatic rings. The Morgan fingerprint density at radius 3 is 2.33 bits per heavy atom. The predicted octanol–water partition coefficient (Wildman–Crippen LogP) is 3.42. The SMILES string of the molecule is COc1ccc(C=C2C(=O)N(c3ccc([N+](=O)[O-])cc3)N=C2C)cc1OC. The summed E-state index contributed by atoms with van der Waals surface area (Å²) in [6.45, 7) is 1.73. The van der Waals surface area contributed by atoms with Crippen molar-refractivity contribution in [3.63, 3.8) is 0 Å². The second kappa shape index (κ2) is 7.28. The number of nitro benzene ring substituents is 1. The van der Waals surface area contributed by atoms with Crippen molar-refractivity contribution in [1.82, 2.24) is 0 Å². The third-order valence-electron chi connectivity index (χ3n) is 4.09. The molecule has 1 heterocycles. The van der Waals surface area contributed by atoms with E-state index in [1.807, 2.05) is 6.07 Å². The Morgan fingerprint density at radius 2 is 1.74 bits per heavy atom. The molecule has 138 valence electrons. The summed E-state index contributed by atoms with van der Waals surface area (Å²) in [4.78, 5) is 23.0. The first kappa shape index (κ1) is 18.1. The molecule has 0 bridgehead atoms. The predicted molar refractivity (Wildman–Crippen MR) is 101 cm³/mol. The van der Waals surface area contributed by atoms with Gasteiger partial charge in [-0.1, -0.05) is 6.07 Å². The normalized spacial score (nSPS) is 15.1. The minimum absolute atomic E-state index is 0.0489. The van der Waals surface area contributed by atoms with E-state index in [1.165, 1.54) is 29.3 Å². The highest BCUT2D eigenvalue weighted by Gasteiger charge is 2.29. The molecule has 0 fully saturated rings. The van der Waals surface area contributed by atoms with Crippen LogP contribution in [0.3, 0.4) is 0 Å². The van der Waals surface area contributed by atoms with Gasteiger partial charge in [-0.15, -0.1) is 0 Å². The lowest BCUT2D eigenvalue weighted by Gasteiger charge is -2.11. The third kappa shape index (κ3) is 3.50. The van der Waals surface area contributed by atoms with Crippen LogP contribution < -0.4 is 14.5 Å². The van der Waals surface area contributed by atoms with Crippen LogP contribution in [-0.4, -0.2) is 30.8 Å². The number of anilines is 1. The first-order chi connectivity index (χ1) is 12.9. The highest BCUT2D eigenvalue weighted by Crippen LogP contribution is 2.30. The molecule has 8 nitrogen and oxygen atoms in total. The number of amides is 1. The molecule has 3 rings (SSSR count). The molecule has 8 heteroatoms. The zero-order valence-corrected chi connectivity index (χ0v) is 15.0. The van der Waals surface area contributed by atoms with Gasteiger partial charge in [-0.2, -0.15) is 10.1 Å². The largest absolute Gasteiger partial charge is 0.493 e. The summed E-state index contributed by atoms with van der Waals surface area (Å²) in [6, 6.07) is 11.0. The third-order valence-corrected chi connectivity index (χ3v) is 4.09.